The Morgan fingerprint density at radius 1 is 0.867 bits per heavy atom. The van der Waals surface area contributed by atoms with Gasteiger partial charge in [0.05, 0.1) is 5.25 Å². The van der Waals surface area contributed by atoms with Crippen molar-refractivity contribution in [1.82, 2.24) is 0 Å². The van der Waals surface area contributed by atoms with Crippen LogP contribution in [0.1, 0.15) is 57.8 Å². The average molecular weight is 226 g/mol. The average Bonchev–Trinajstić information content (AvgIpc) is 2.58. The van der Waals surface area contributed by atoms with Gasteiger partial charge in [-0.05, 0) is 31.4 Å². The topological polar surface area (TPSA) is 17.1 Å². The molecule has 2 fully saturated rings. The summed E-state index contributed by atoms with van der Waals surface area (Å²) < 4.78 is 0. The molecule has 2 rings (SSSR count). The summed E-state index contributed by atoms with van der Waals surface area (Å²) in [7, 11) is 0. The minimum absolute atomic E-state index is 0.363. The molecule has 0 radical (unpaired) electrons. The van der Waals surface area contributed by atoms with Gasteiger partial charge in [0, 0.05) is 5.92 Å². The lowest BCUT2D eigenvalue weighted by atomic mass is 9.92. The van der Waals surface area contributed by atoms with Gasteiger partial charge in [0.2, 0.25) is 0 Å². The third-order valence-corrected chi connectivity index (χ3v) is 5.15. The second-order valence-electron chi connectivity index (χ2n) is 4.95. The summed E-state index contributed by atoms with van der Waals surface area (Å²) in [5, 5.41) is 0.363. The van der Waals surface area contributed by atoms with Crippen LogP contribution in [0, 0.1) is 5.92 Å². The normalized spacial score (nSPS) is 29.7. The van der Waals surface area contributed by atoms with Gasteiger partial charge in [-0.15, -0.1) is 0 Å². The minimum atomic E-state index is 0.363. The zero-order chi connectivity index (χ0) is 10.5. The highest BCUT2D eigenvalue weighted by Crippen LogP contribution is 2.32. The Hall–Kier alpha value is 0.0200. The van der Waals surface area contributed by atoms with Crippen molar-refractivity contribution in [3.8, 4) is 0 Å². The molecule has 1 saturated carbocycles. The van der Waals surface area contributed by atoms with Crippen LogP contribution in [0.5, 0.6) is 0 Å². The molecule has 2 heteroatoms. The number of carbonyl (C=O) groups excluding carboxylic acids is 1. The number of thioether (sulfide) groups is 1. The molecule has 0 bridgehead atoms. The first-order valence-corrected chi connectivity index (χ1v) is 7.58. The lowest BCUT2D eigenvalue weighted by Gasteiger charge is -2.24. The molecule has 0 aromatic rings. The highest BCUT2D eigenvalue weighted by Gasteiger charge is 2.28. The molecule has 0 amide bonds. The van der Waals surface area contributed by atoms with Crippen LogP contribution in [-0.2, 0) is 4.79 Å². The van der Waals surface area contributed by atoms with Crippen molar-refractivity contribution in [1.29, 1.82) is 0 Å². The fourth-order valence-corrected chi connectivity index (χ4v) is 4.14. The van der Waals surface area contributed by atoms with Crippen LogP contribution in [0.25, 0.3) is 0 Å². The standard InChI is InChI=1S/C13H22OS/c14-13(12-9-5-6-10-15-12)11-7-3-1-2-4-8-11/h11-12H,1-10H2. The maximum absolute atomic E-state index is 12.3. The van der Waals surface area contributed by atoms with Crippen LogP contribution >= 0.6 is 11.8 Å². The molecule has 2 aliphatic rings. The maximum atomic E-state index is 12.3. The summed E-state index contributed by atoms with van der Waals surface area (Å²) in [5.74, 6) is 2.23. The summed E-state index contributed by atoms with van der Waals surface area (Å²) in [6.45, 7) is 0. The second kappa shape index (κ2) is 5.93. The monoisotopic (exact) mass is 226 g/mol. The predicted octanol–water partition coefficient (Wildman–Crippen LogP) is 3.81. The lowest BCUT2D eigenvalue weighted by Crippen LogP contribution is -2.27. The number of Topliss-reactive ketones (excluding diaryl/α,β-unsaturated/α-hetero) is 1. The van der Waals surface area contributed by atoms with Crippen LogP contribution < -0.4 is 0 Å². The first-order valence-electron chi connectivity index (χ1n) is 6.53. The van der Waals surface area contributed by atoms with E-state index in [2.05, 4.69) is 0 Å². The molecule has 1 aliphatic carbocycles. The summed E-state index contributed by atoms with van der Waals surface area (Å²) in [4.78, 5) is 12.3. The fourth-order valence-electron chi connectivity index (χ4n) is 2.79. The Kier molecular flexibility index (Phi) is 4.55. The Bertz CT molecular complexity index is 201. The largest absolute Gasteiger partial charge is 0.298 e. The SMILES string of the molecule is O=C(C1CCCCCC1)C1CCCCS1. The Labute approximate surface area is 97.4 Å². The Balaban J connectivity index is 1.87. The van der Waals surface area contributed by atoms with Gasteiger partial charge < -0.3 is 0 Å². The smallest absolute Gasteiger partial charge is 0.148 e. The van der Waals surface area contributed by atoms with E-state index in [9.17, 15) is 4.79 Å². The number of hydrogen-bond acceptors (Lipinski definition) is 2. The second-order valence-corrected chi connectivity index (χ2v) is 6.26. The van der Waals surface area contributed by atoms with Gasteiger partial charge in [0.1, 0.15) is 5.78 Å². The summed E-state index contributed by atoms with van der Waals surface area (Å²) in [6.07, 6.45) is 11.4. The Morgan fingerprint density at radius 3 is 2.13 bits per heavy atom. The molecule has 1 aliphatic heterocycles. The van der Waals surface area contributed by atoms with Gasteiger partial charge >= 0.3 is 0 Å². The van der Waals surface area contributed by atoms with Gasteiger partial charge in [-0.1, -0.05) is 32.1 Å². The first kappa shape index (κ1) is 11.5. The van der Waals surface area contributed by atoms with Gasteiger partial charge in [0.25, 0.3) is 0 Å². The van der Waals surface area contributed by atoms with E-state index < -0.39 is 0 Å². The van der Waals surface area contributed by atoms with Crippen LogP contribution in [0.2, 0.25) is 0 Å². The van der Waals surface area contributed by atoms with Crippen LogP contribution in [-0.4, -0.2) is 16.8 Å². The van der Waals surface area contributed by atoms with Gasteiger partial charge in [-0.2, -0.15) is 11.8 Å². The van der Waals surface area contributed by atoms with E-state index in [-0.39, 0.29) is 0 Å². The van der Waals surface area contributed by atoms with Crippen molar-refractivity contribution < 1.29 is 4.79 Å². The van der Waals surface area contributed by atoms with E-state index in [0.29, 0.717) is 17.0 Å². The molecule has 1 atom stereocenters. The molecule has 0 aromatic carbocycles. The maximum Gasteiger partial charge on any atom is 0.148 e. The summed E-state index contributed by atoms with van der Waals surface area (Å²) >= 11 is 1.92. The van der Waals surface area contributed by atoms with E-state index in [1.54, 1.807) is 0 Å². The van der Waals surface area contributed by atoms with E-state index in [1.807, 2.05) is 11.8 Å². The molecule has 1 nitrogen and oxygen atoms in total. The quantitative estimate of drug-likeness (QED) is 0.666. The van der Waals surface area contributed by atoms with E-state index in [1.165, 1.54) is 57.1 Å². The third kappa shape index (κ3) is 3.24. The number of rotatable bonds is 2. The van der Waals surface area contributed by atoms with Gasteiger partial charge in [-0.3, -0.25) is 4.79 Å². The van der Waals surface area contributed by atoms with Crippen molar-refractivity contribution >= 4 is 17.5 Å². The fraction of sp³-hybridized carbons (Fsp3) is 0.923. The molecule has 1 heterocycles. The van der Waals surface area contributed by atoms with Gasteiger partial charge in [-0.25, -0.2) is 0 Å². The highest BCUT2D eigenvalue weighted by atomic mass is 32.2. The minimum Gasteiger partial charge on any atom is -0.298 e. The highest BCUT2D eigenvalue weighted by molar-refractivity contribution is 8.00. The first-order chi connectivity index (χ1) is 7.38. The third-order valence-electron chi connectivity index (χ3n) is 3.75. The van der Waals surface area contributed by atoms with E-state index in [0.717, 1.165) is 6.42 Å². The van der Waals surface area contributed by atoms with Crippen molar-refractivity contribution in [3.63, 3.8) is 0 Å². The van der Waals surface area contributed by atoms with E-state index in [4.69, 9.17) is 0 Å². The molecule has 0 N–H and O–H groups in total. The van der Waals surface area contributed by atoms with Crippen molar-refractivity contribution in [2.24, 2.45) is 5.92 Å². The Morgan fingerprint density at radius 2 is 1.53 bits per heavy atom. The zero-order valence-corrected chi connectivity index (χ0v) is 10.4. The molecule has 86 valence electrons. The van der Waals surface area contributed by atoms with Crippen molar-refractivity contribution in [2.45, 2.75) is 63.0 Å². The molecular formula is C13H22OS. The van der Waals surface area contributed by atoms with E-state index >= 15 is 0 Å². The summed E-state index contributed by atoms with van der Waals surface area (Å²) in [6, 6.07) is 0. The zero-order valence-electron chi connectivity index (χ0n) is 9.54. The van der Waals surface area contributed by atoms with Gasteiger partial charge in [0.15, 0.2) is 0 Å². The van der Waals surface area contributed by atoms with Crippen LogP contribution in [0.3, 0.4) is 0 Å². The molecule has 1 unspecified atom stereocenters. The molecular weight excluding hydrogens is 204 g/mol. The molecule has 0 aromatic heterocycles. The number of hydrogen-bond donors (Lipinski definition) is 0. The van der Waals surface area contributed by atoms with Crippen LogP contribution in [0.4, 0.5) is 0 Å². The number of carbonyl (C=O) groups is 1. The van der Waals surface area contributed by atoms with Crippen molar-refractivity contribution in [3.05, 3.63) is 0 Å². The van der Waals surface area contributed by atoms with Crippen molar-refractivity contribution in [2.75, 3.05) is 5.75 Å². The number of ketones is 1. The summed E-state index contributed by atoms with van der Waals surface area (Å²) in [5.41, 5.74) is 0. The molecule has 1 saturated heterocycles. The molecule has 0 spiro atoms. The predicted molar refractivity (Wildman–Crippen MR) is 66.3 cm³/mol. The molecule has 15 heavy (non-hydrogen) atoms. The van der Waals surface area contributed by atoms with Crippen LogP contribution in [0.15, 0.2) is 0 Å². The lowest BCUT2D eigenvalue weighted by molar-refractivity contribution is -0.122.